The van der Waals surface area contributed by atoms with Crippen molar-refractivity contribution >= 4 is 23.2 Å². The smallest absolute Gasteiger partial charge is 0.161 e. The zero-order valence-corrected chi connectivity index (χ0v) is 21.8. The van der Waals surface area contributed by atoms with Gasteiger partial charge in [-0.15, -0.1) is 0 Å². The lowest BCUT2D eigenvalue weighted by Crippen LogP contribution is -2.29. The van der Waals surface area contributed by atoms with E-state index in [-0.39, 0.29) is 12.7 Å². The zero-order chi connectivity index (χ0) is 25.1. The summed E-state index contributed by atoms with van der Waals surface area (Å²) in [5.74, 6) is 1.91. The van der Waals surface area contributed by atoms with Crippen LogP contribution in [0.5, 0.6) is 5.75 Å². The number of likely N-dealkylation sites (N-methyl/N-ethyl adjacent to an activating group) is 1. The number of nitrogens with one attached hydrogen (secondary N) is 1. The summed E-state index contributed by atoms with van der Waals surface area (Å²) in [5.41, 5.74) is 3.33. The molecule has 188 valence electrons. The van der Waals surface area contributed by atoms with Crippen LogP contribution in [0.4, 0.5) is 0 Å². The van der Waals surface area contributed by atoms with Crippen molar-refractivity contribution in [1.29, 1.82) is 0 Å². The van der Waals surface area contributed by atoms with Gasteiger partial charge in [0.2, 0.25) is 0 Å². The summed E-state index contributed by atoms with van der Waals surface area (Å²) in [4.78, 5) is 9.65. The van der Waals surface area contributed by atoms with Gasteiger partial charge in [0.05, 0.1) is 45.4 Å². The predicted octanol–water partition coefficient (Wildman–Crippen LogP) is 4.65. The minimum atomic E-state index is -0.639. The lowest BCUT2D eigenvalue weighted by atomic mass is 9.98. The molecule has 1 saturated heterocycles. The molecule has 3 atom stereocenters. The molecule has 3 heterocycles. The molecule has 0 amide bonds. The molecule has 2 N–H and O–H groups in total. The number of rotatable bonds is 9. The average molecular weight is 521 g/mol. The van der Waals surface area contributed by atoms with Gasteiger partial charge in [0.25, 0.3) is 0 Å². The third-order valence-electron chi connectivity index (χ3n) is 6.01. The molecule has 1 aromatic carbocycles. The van der Waals surface area contributed by atoms with Gasteiger partial charge in [-0.2, -0.15) is 0 Å². The molecular weight excluding hydrogens is 491 g/mol. The highest BCUT2D eigenvalue weighted by atomic mass is 35.5. The Morgan fingerprint density at radius 3 is 2.71 bits per heavy atom. The van der Waals surface area contributed by atoms with Crippen LogP contribution in [0, 0.1) is 19.8 Å². The average Bonchev–Trinajstić information content (AvgIpc) is 3.39. The maximum atomic E-state index is 9.99. The van der Waals surface area contributed by atoms with Crippen LogP contribution in [0.1, 0.15) is 30.5 Å². The van der Waals surface area contributed by atoms with Crippen LogP contribution in [-0.2, 0) is 11.2 Å². The Balaban J connectivity index is 1.76. The SMILES string of the molecule is CNC[C@@H](O)COc1ccc(Cl)c(-c2nc(C[C@H]3CO[C@@H](C)C3)c(Cl)c(-c3c(C)noc3C)n2)c1. The number of hydrogen-bond donors (Lipinski definition) is 2. The highest BCUT2D eigenvalue weighted by Gasteiger charge is 2.27. The Bertz CT molecular complexity index is 1170. The summed E-state index contributed by atoms with van der Waals surface area (Å²) in [6, 6.07) is 5.26. The number of halogens is 2. The number of aliphatic hydroxyl groups excluding tert-OH is 1. The third-order valence-corrected chi connectivity index (χ3v) is 6.74. The van der Waals surface area contributed by atoms with Crippen molar-refractivity contribution in [3.8, 4) is 28.4 Å². The number of aliphatic hydroxyl groups is 1. The van der Waals surface area contributed by atoms with Crippen molar-refractivity contribution in [3.05, 3.63) is 45.4 Å². The number of nitrogens with zero attached hydrogens (tertiary/aromatic N) is 3. The van der Waals surface area contributed by atoms with Crippen molar-refractivity contribution in [3.63, 3.8) is 0 Å². The first-order chi connectivity index (χ1) is 16.8. The highest BCUT2D eigenvalue weighted by molar-refractivity contribution is 6.34. The lowest BCUT2D eigenvalue weighted by Gasteiger charge is -2.16. The van der Waals surface area contributed by atoms with Gasteiger partial charge < -0.3 is 24.4 Å². The van der Waals surface area contributed by atoms with E-state index in [1.807, 2.05) is 13.8 Å². The molecule has 1 fully saturated rings. The molecule has 1 aliphatic heterocycles. The number of aromatic nitrogens is 3. The monoisotopic (exact) mass is 520 g/mol. The first-order valence-electron chi connectivity index (χ1n) is 11.6. The van der Waals surface area contributed by atoms with Gasteiger partial charge in [-0.3, -0.25) is 0 Å². The topological polar surface area (TPSA) is 103 Å². The highest BCUT2D eigenvalue weighted by Crippen LogP contribution is 2.38. The van der Waals surface area contributed by atoms with E-state index in [1.54, 1.807) is 25.2 Å². The fourth-order valence-electron chi connectivity index (χ4n) is 4.31. The van der Waals surface area contributed by atoms with E-state index >= 15 is 0 Å². The molecule has 10 heteroatoms. The molecule has 1 aliphatic rings. The summed E-state index contributed by atoms with van der Waals surface area (Å²) in [7, 11) is 1.77. The molecule has 0 aliphatic carbocycles. The van der Waals surface area contributed by atoms with Gasteiger partial charge >= 0.3 is 0 Å². The fraction of sp³-hybridized carbons (Fsp3) is 0.480. The Labute approximate surface area is 215 Å². The molecule has 35 heavy (non-hydrogen) atoms. The molecule has 0 bridgehead atoms. The molecule has 4 rings (SSSR count). The first-order valence-corrected chi connectivity index (χ1v) is 12.4. The molecule has 3 aromatic rings. The molecule has 0 saturated carbocycles. The summed E-state index contributed by atoms with van der Waals surface area (Å²) in [5, 5.41) is 17.9. The van der Waals surface area contributed by atoms with E-state index in [0.29, 0.717) is 69.8 Å². The van der Waals surface area contributed by atoms with Crippen LogP contribution >= 0.6 is 23.2 Å². The van der Waals surface area contributed by atoms with Gasteiger partial charge in [-0.25, -0.2) is 9.97 Å². The molecule has 0 radical (unpaired) electrons. The molecule has 8 nitrogen and oxygen atoms in total. The van der Waals surface area contributed by atoms with Crippen LogP contribution in [0.15, 0.2) is 22.7 Å². The number of benzene rings is 1. The molecule has 0 unspecified atom stereocenters. The quantitative estimate of drug-likeness (QED) is 0.420. The second kappa shape index (κ2) is 11.2. The van der Waals surface area contributed by atoms with E-state index in [4.69, 9.17) is 47.2 Å². The fourth-order valence-corrected chi connectivity index (χ4v) is 4.77. The second-order valence-electron chi connectivity index (χ2n) is 8.97. The number of aryl methyl sites for hydroxylation is 2. The number of hydrogen-bond acceptors (Lipinski definition) is 8. The largest absolute Gasteiger partial charge is 0.491 e. The summed E-state index contributed by atoms with van der Waals surface area (Å²) < 4.78 is 16.9. The van der Waals surface area contributed by atoms with E-state index < -0.39 is 6.10 Å². The summed E-state index contributed by atoms with van der Waals surface area (Å²) in [6.45, 7) is 6.98. The van der Waals surface area contributed by atoms with Crippen molar-refractivity contribution in [2.45, 2.75) is 45.8 Å². The van der Waals surface area contributed by atoms with Crippen LogP contribution in [0.25, 0.3) is 22.6 Å². The molecule has 2 aromatic heterocycles. The molecular formula is C25H30Cl2N4O4. The normalized spacial score (nSPS) is 18.7. The van der Waals surface area contributed by atoms with Crippen molar-refractivity contribution in [2.24, 2.45) is 5.92 Å². The summed E-state index contributed by atoms with van der Waals surface area (Å²) >= 11 is 13.5. The third kappa shape index (κ3) is 5.95. The van der Waals surface area contributed by atoms with Crippen molar-refractivity contribution in [2.75, 3.05) is 26.8 Å². The van der Waals surface area contributed by atoms with Crippen LogP contribution in [0.2, 0.25) is 10.0 Å². The van der Waals surface area contributed by atoms with E-state index in [1.165, 1.54) is 0 Å². The van der Waals surface area contributed by atoms with Crippen molar-refractivity contribution in [1.82, 2.24) is 20.4 Å². The Kier molecular flexibility index (Phi) is 8.29. The minimum absolute atomic E-state index is 0.138. The van der Waals surface area contributed by atoms with Crippen molar-refractivity contribution < 1.29 is 19.1 Å². The minimum Gasteiger partial charge on any atom is -0.491 e. The zero-order valence-electron chi connectivity index (χ0n) is 20.3. The molecule has 0 spiro atoms. The van der Waals surface area contributed by atoms with Gasteiger partial charge in [-0.1, -0.05) is 28.4 Å². The Morgan fingerprint density at radius 1 is 1.26 bits per heavy atom. The van der Waals surface area contributed by atoms with E-state index in [9.17, 15) is 5.11 Å². The number of ether oxygens (including phenoxy) is 2. The first kappa shape index (κ1) is 25.9. The lowest BCUT2D eigenvalue weighted by molar-refractivity contribution is 0.108. The van der Waals surface area contributed by atoms with Crippen LogP contribution in [-0.4, -0.2) is 59.2 Å². The maximum Gasteiger partial charge on any atom is 0.161 e. The van der Waals surface area contributed by atoms with Gasteiger partial charge in [0.15, 0.2) is 5.82 Å². The Hall–Kier alpha value is -2.23. The van der Waals surface area contributed by atoms with Crippen LogP contribution in [0.3, 0.4) is 0 Å². The summed E-state index contributed by atoms with van der Waals surface area (Å²) in [6.07, 6.45) is 1.16. The van der Waals surface area contributed by atoms with E-state index in [2.05, 4.69) is 17.4 Å². The van der Waals surface area contributed by atoms with Gasteiger partial charge in [-0.05, 0) is 64.8 Å². The maximum absolute atomic E-state index is 9.99. The Morgan fingerprint density at radius 2 is 2.06 bits per heavy atom. The standard InChI is InChI=1S/C25H30Cl2N4O4/c1-13-7-16(11-33-13)8-21-23(27)24(22-14(2)31-35-15(22)3)30-25(29-21)19-9-18(5-6-20(19)26)34-12-17(32)10-28-4/h5-6,9,13,16-17,28,32H,7-8,10-12H2,1-4H3/t13-,16-,17+/m0/s1. The van der Waals surface area contributed by atoms with E-state index in [0.717, 1.165) is 17.7 Å². The van der Waals surface area contributed by atoms with Crippen LogP contribution < -0.4 is 10.1 Å². The van der Waals surface area contributed by atoms with Gasteiger partial charge in [0.1, 0.15) is 24.2 Å². The van der Waals surface area contributed by atoms with Gasteiger partial charge in [0, 0.05) is 12.1 Å². The second-order valence-corrected chi connectivity index (χ2v) is 9.75. The predicted molar refractivity (Wildman–Crippen MR) is 135 cm³/mol.